The summed E-state index contributed by atoms with van der Waals surface area (Å²) in [6, 6.07) is 67.4. The minimum Gasteiger partial charge on any atom is -0.309 e. The van der Waals surface area contributed by atoms with Crippen LogP contribution in [-0.2, 0) is 10.8 Å². The van der Waals surface area contributed by atoms with Crippen LogP contribution in [0.4, 0.5) is 0 Å². The Bertz CT molecular complexity index is 3680. The van der Waals surface area contributed by atoms with Gasteiger partial charge in [0.1, 0.15) is 0 Å². The van der Waals surface area contributed by atoms with Crippen molar-refractivity contribution in [3.63, 3.8) is 0 Å². The third kappa shape index (κ3) is 5.67. The zero-order valence-corrected chi connectivity index (χ0v) is 37.6. The quantitative estimate of drug-likeness (QED) is 0.168. The smallest absolute Gasteiger partial charge is 0.238 e. The second-order valence-corrected chi connectivity index (χ2v) is 19.3. The van der Waals surface area contributed by atoms with Crippen molar-refractivity contribution in [2.45, 2.75) is 52.4 Å². The van der Waals surface area contributed by atoms with Gasteiger partial charge in [-0.15, -0.1) is 0 Å². The lowest BCUT2D eigenvalue weighted by Gasteiger charge is -2.44. The first-order valence-corrected chi connectivity index (χ1v) is 22.7. The second kappa shape index (κ2) is 14.2. The maximum atomic E-state index is 5.34. The normalized spacial score (nSPS) is 15.0. The highest BCUT2D eigenvalue weighted by Crippen LogP contribution is 2.62. The summed E-state index contributed by atoms with van der Waals surface area (Å²) >= 11 is 0. The summed E-state index contributed by atoms with van der Waals surface area (Å²) in [7, 11) is 0. The summed E-state index contributed by atoms with van der Waals surface area (Å²) in [5.41, 5.74) is 15.1. The van der Waals surface area contributed by atoms with Gasteiger partial charge < -0.3 is 4.57 Å². The van der Waals surface area contributed by atoms with Gasteiger partial charge in [-0.1, -0.05) is 193 Å². The zero-order valence-electron chi connectivity index (χ0n) is 37.6. The fourth-order valence-corrected chi connectivity index (χ4v) is 10.9. The largest absolute Gasteiger partial charge is 0.309 e. The summed E-state index contributed by atoms with van der Waals surface area (Å²) < 4.78 is 4.71. The van der Waals surface area contributed by atoms with Crippen molar-refractivity contribution in [1.82, 2.24) is 24.1 Å². The third-order valence-corrected chi connectivity index (χ3v) is 15.5. The average Bonchev–Trinajstić information content (AvgIpc) is 3.90. The maximum absolute atomic E-state index is 5.34. The molecule has 5 heteroatoms. The summed E-state index contributed by atoms with van der Waals surface area (Å²) in [6.45, 7) is 14.5. The summed E-state index contributed by atoms with van der Waals surface area (Å²) in [5.74, 6) is 1.82. The molecule has 5 nitrogen and oxygen atoms in total. The van der Waals surface area contributed by atoms with E-state index in [2.05, 4.69) is 214 Å². The van der Waals surface area contributed by atoms with Gasteiger partial charge in [-0.2, -0.15) is 9.97 Å². The topological polar surface area (TPSA) is 48.5 Å². The molecule has 1 aliphatic carbocycles. The number of rotatable bonds is 6. The van der Waals surface area contributed by atoms with Crippen LogP contribution in [0.5, 0.6) is 0 Å². The van der Waals surface area contributed by atoms with Crippen molar-refractivity contribution in [2.24, 2.45) is 5.41 Å². The molecular formula is C60H49N5. The number of para-hydroxylation sites is 3. The molecule has 0 atom stereocenters. The van der Waals surface area contributed by atoms with Gasteiger partial charge >= 0.3 is 0 Å². The van der Waals surface area contributed by atoms with E-state index in [0.717, 1.165) is 55.4 Å². The molecule has 0 unspecified atom stereocenters. The molecule has 12 rings (SSSR count). The minimum absolute atomic E-state index is 0.00317. The number of hydrogen-bond donors (Lipinski definition) is 0. The Kier molecular flexibility index (Phi) is 8.51. The molecule has 0 amide bonds. The van der Waals surface area contributed by atoms with E-state index in [1.807, 2.05) is 24.3 Å². The van der Waals surface area contributed by atoms with Gasteiger partial charge in [-0.05, 0) is 80.5 Å². The third-order valence-electron chi connectivity index (χ3n) is 15.5. The van der Waals surface area contributed by atoms with Crippen LogP contribution < -0.4 is 0 Å². The molecule has 0 radical (unpaired) electrons. The first-order valence-electron chi connectivity index (χ1n) is 22.7. The molecule has 314 valence electrons. The molecule has 0 N–H and O–H groups in total. The highest BCUT2D eigenvalue weighted by Gasteiger charge is 2.56. The molecule has 11 aromatic rings. The minimum atomic E-state index is -0.00317. The Labute approximate surface area is 379 Å². The molecule has 3 aromatic heterocycles. The van der Waals surface area contributed by atoms with Gasteiger partial charge in [0.05, 0.1) is 27.8 Å². The van der Waals surface area contributed by atoms with Crippen LogP contribution in [-0.4, -0.2) is 24.1 Å². The molecule has 0 bridgehead atoms. The van der Waals surface area contributed by atoms with E-state index >= 15 is 0 Å². The molecule has 8 aromatic carbocycles. The van der Waals surface area contributed by atoms with Crippen LogP contribution in [0.1, 0.15) is 52.7 Å². The second-order valence-electron chi connectivity index (χ2n) is 19.3. The average molecular weight is 840 g/mol. The molecule has 1 aliphatic rings. The Morgan fingerprint density at radius 3 is 1.57 bits per heavy atom. The molecule has 0 spiro atoms. The highest BCUT2D eigenvalue weighted by atomic mass is 15.2. The van der Waals surface area contributed by atoms with Gasteiger partial charge in [0.2, 0.25) is 5.95 Å². The number of hydrogen-bond acceptors (Lipinski definition) is 3. The lowest BCUT2D eigenvalue weighted by molar-refractivity contribution is 0.125. The van der Waals surface area contributed by atoms with Crippen LogP contribution in [0.15, 0.2) is 188 Å². The Balaban J connectivity index is 1.10. The van der Waals surface area contributed by atoms with Gasteiger partial charge in [-0.25, -0.2) is 4.98 Å². The monoisotopic (exact) mass is 839 g/mol. The fraction of sp³-hybridized carbons (Fsp3) is 0.150. The summed E-state index contributed by atoms with van der Waals surface area (Å²) in [4.78, 5) is 15.8. The van der Waals surface area contributed by atoms with E-state index in [9.17, 15) is 0 Å². The van der Waals surface area contributed by atoms with Crippen LogP contribution in [0.2, 0.25) is 0 Å². The van der Waals surface area contributed by atoms with Crippen LogP contribution in [0, 0.1) is 5.41 Å². The molecular weight excluding hydrogens is 791 g/mol. The van der Waals surface area contributed by atoms with E-state index in [1.165, 1.54) is 38.4 Å². The summed E-state index contributed by atoms with van der Waals surface area (Å²) in [6.07, 6.45) is 0. The maximum Gasteiger partial charge on any atom is 0.238 e. The molecule has 0 fully saturated rings. The van der Waals surface area contributed by atoms with Crippen LogP contribution in [0.25, 0.3) is 100 Å². The Hall–Kier alpha value is -7.63. The summed E-state index contributed by atoms with van der Waals surface area (Å²) in [5, 5.41) is 4.71. The van der Waals surface area contributed by atoms with Crippen molar-refractivity contribution in [2.75, 3.05) is 0 Å². The first kappa shape index (κ1) is 39.0. The molecule has 3 heterocycles. The van der Waals surface area contributed by atoms with E-state index < -0.39 is 0 Å². The Morgan fingerprint density at radius 1 is 0.354 bits per heavy atom. The number of fused-ring (bicyclic) bond motifs is 8. The number of nitrogens with zero attached hydrogens (tertiary/aromatic N) is 5. The van der Waals surface area contributed by atoms with Crippen molar-refractivity contribution in [3.8, 4) is 56.7 Å². The van der Waals surface area contributed by atoms with Crippen molar-refractivity contribution in [3.05, 3.63) is 199 Å². The molecule has 65 heavy (non-hydrogen) atoms. The molecule has 0 saturated carbocycles. The standard InChI is InChI=1S/C60H49N5/c1-58(2)46-33-32-41(37-47(46)59(3,4)60(58,5)6)43-26-13-16-29-48(43)64-49-30-17-14-27-44(49)53-51(64)34-35-52-54(53)45-28-15-18-31-50(45)65(52)57-62-55(39-22-11-8-12-23-39)61-56(63-57)42-25-19-24-40(36-42)38-20-9-7-10-21-38/h7-37H,1-6H3. The van der Waals surface area contributed by atoms with Crippen LogP contribution >= 0.6 is 0 Å². The van der Waals surface area contributed by atoms with Crippen molar-refractivity contribution in [1.29, 1.82) is 0 Å². The van der Waals surface area contributed by atoms with Crippen LogP contribution in [0.3, 0.4) is 0 Å². The highest BCUT2D eigenvalue weighted by molar-refractivity contribution is 6.29. The van der Waals surface area contributed by atoms with Gasteiger partial charge in [0.25, 0.3) is 0 Å². The zero-order chi connectivity index (χ0) is 44.2. The van der Waals surface area contributed by atoms with E-state index in [4.69, 9.17) is 15.0 Å². The van der Waals surface area contributed by atoms with E-state index in [0.29, 0.717) is 17.6 Å². The number of aromatic nitrogens is 5. The van der Waals surface area contributed by atoms with E-state index in [1.54, 1.807) is 0 Å². The first-order chi connectivity index (χ1) is 31.5. The lowest BCUT2D eigenvalue weighted by Crippen LogP contribution is -2.42. The number of benzene rings is 8. The van der Waals surface area contributed by atoms with Gasteiger partial charge in [-0.3, -0.25) is 4.57 Å². The van der Waals surface area contributed by atoms with Crippen molar-refractivity contribution < 1.29 is 0 Å². The predicted molar refractivity (Wildman–Crippen MR) is 270 cm³/mol. The lowest BCUT2D eigenvalue weighted by atomic mass is 9.59. The van der Waals surface area contributed by atoms with E-state index in [-0.39, 0.29) is 16.2 Å². The van der Waals surface area contributed by atoms with Crippen molar-refractivity contribution >= 4 is 43.6 Å². The SMILES string of the molecule is CC1(C)c2ccc(-c3ccccc3-n3c4ccccc4c4c5c6ccccc6n(-c6nc(-c7ccccc7)nc(-c7cccc(-c8ccccc8)c7)n6)c5ccc43)cc2C(C)(C)C1(C)C. The fourth-order valence-electron chi connectivity index (χ4n) is 10.9. The van der Waals surface area contributed by atoms with Gasteiger partial charge in [0, 0.05) is 38.2 Å². The van der Waals surface area contributed by atoms with Gasteiger partial charge in [0.15, 0.2) is 11.6 Å². The molecule has 0 saturated heterocycles. The Morgan fingerprint density at radius 2 is 0.877 bits per heavy atom. The predicted octanol–water partition coefficient (Wildman–Crippen LogP) is 15.3. The molecule has 0 aliphatic heterocycles.